The summed E-state index contributed by atoms with van der Waals surface area (Å²) in [5.74, 6) is 0.384. The van der Waals surface area contributed by atoms with Crippen molar-refractivity contribution in [2.75, 3.05) is 0 Å². The first-order valence-corrected chi connectivity index (χ1v) is 7.96. The molecule has 2 aromatic rings. The second-order valence-electron chi connectivity index (χ2n) is 4.85. The van der Waals surface area contributed by atoms with E-state index in [1.807, 2.05) is 19.1 Å². The van der Waals surface area contributed by atoms with E-state index in [1.165, 1.54) is 0 Å². The first-order chi connectivity index (χ1) is 10.5. The smallest absolute Gasteiger partial charge is 0.261 e. The van der Waals surface area contributed by atoms with E-state index in [-0.39, 0.29) is 11.9 Å². The van der Waals surface area contributed by atoms with Gasteiger partial charge >= 0.3 is 0 Å². The Bertz CT molecular complexity index is 652. The van der Waals surface area contributed by atoms with Gasteiger partial charge < -0.3 is 10.1 Å². The molecule has 116 valence electrons. The summed E-state index contributed by atoms with van der Waals surface area (Å²) in [6.45, 7) is 3.62. The molecule has 1 N–H and O–H groups in total. The Morgan fingerprint density at radius 1 is 1.27 bits per heavy atom. The molecule has 0 aliphatic heterocycles. The van der Waals surface area contributed by atoms with Gasteiger partial charge in [-0.15, -0.1) is 0 Å². The van der Waals surface area contributed by atoms with Gasteiger partial charge in [0, 0.05) is 17.4 Å². The summed E-state index contributed by atoms with van der Waals surface area (Å²) in [4.78, 5) is 16.2. The van der Waals surface area contributed by atoms with Crippen LogP contribution in [0.1, 0.15) is 25.5 Å². The Balaban J connectivity index is 1.97. The minimum absolute atomic E-state index is 0.116. The molecule has 4 nitrogen and oxygen atoms in total. The van der Waals surface area contributed by atoms with Crippen LogP contribution >= 0.6 is 27.5 Å². The molecule has 22 heavy (non-hydrogen) atoms. The van der Waals surface area contributed by atoms with Crippen LogP contribution < -0.4 is 10.1 Å². The normalized spacial score (nSPS) is 13.3. The number of hydrogen-bond donors (Lipinski definition) is 1. The number of carbonyl (C=O) groups is 1. The summed E-state index contributed by atoms with van der Waals surface area (Å²) >= 11 is 9.25. The quantitative estimate of drug-likeness (QED) is 0.844. The SMILES string of the molecule is CC(Oc1ccc(Cl)cc1Br)C(=O)NC(C)c1ccncc1. The molecule has 0 aliphatic rings. The molecule has 2 unspecified atom stereocenters. The van der Waals surface area contributed by atoms with Crippen LogP contribution in [0.2, 0.25) is 5.02 Å². The van der Waals surface area contributed by atoms with E-state index in [2.05, 4.69) is 26.2 Å². The number of ether oxygens (including phenoxy) is 1. The lowest BCUT2D eigenvalue weighted by Crippen LogP contribution is -2.37. The summed E-state index contributed by atoms with van der Waals surface area (Å²) < 4.78 is 6.38. The molecular weight excluding hydrogens is 368 g/mol. The number of halogens is 2. The van der Waals surface area contributed by atoms with Gasteiger partial charge in [0.05, 0.1) is 10.5 Å². The third-order valence-electron chi connectivity index (χ3n) is 3.13. The van der Waals surface area contributed by atoms with Crippen molar-refractivity contribution >= 4 is 33.4 Å². The Kier molecular flexibility index (Phi) is 5.80. The fourth-order valence-electron chi connectivity index (χ4n) is 1.88. The molecule has 2 rings (SSSR count). The first-order valence-electron chi connectivity index (χ1n) is 6.79. The number of amides is 1. The fraction of sp³-hybridized carbons (Fsp3) is 0.250. The Morgan fingerprint density at radius 2 is 1.95 bits per heavy atom. The van der Waals surface area contributed by atoms with Crippen molar-refractivity contribution in [1.29, 1.82) is 0 Å². The Labute approximate surface area is 143 Å². The van der Waals surface area contributed by atoms with Crippen molar-refractivity contribution in [1.82, 2.24) is 10.3 Å². The number of rotatable bonds is 5. The lowest BCUT2D eigenvalue weighted by atomic mass is 10.1. The molecule has 1 heterocycles. The van der Waals surface area contributed by atoms with Gasteiger partial charge in [-0.2, -0.15) is 0 Å². The lowest BCUT2D eigenvalue weighted by Gasteiger charge is -2.19. The standard InChI is InChI=1S/C16H16BrClN2O2/c1-10(12-5-7-19-8-6-12)20-16(21)11(2)22-15-4-3-13(18)9-14(15)17/h3-11H,1-2H3,(H,20,21). The number of nitrogens with zero attached hydrogens (tertiary/aromatic N) is 1. The van der Waals surface area contributed by atoms with E-state index in [4.69, 9.17) is 16.3 Å². The van der Waals surface area contributed by atoms with Gasteiger partial charge in [-0.25, -0.2) is 0 Å². The largest absolute Gasteiger partial charge is 0.480 e. The number of benzene rings is 1. The topological polar surface area (TPSA) is 51.2 Å². The van der Waals surface area contributed by atoms with Crippen molar-refractivity contribution in [3.8, 4) is 5.75 Å². The lowest BCUT2D eigenvalue weighted by molar-refractivity contribution is -0.127. The van der Waals surface area contributed by atoms with Gasteiger partial charge in [-0.3, -0.25) is 9.78 Å². The highest BCUT2D eigenvalue weighted by atomic mass is 79.9. The van der Waals surface area contributed by atoms with Crippen molar-refractivity contribution in [3.63, 3.8) is 0 Å². The number of pyridine rings is 1. The van der Waals surface area contributed by atoms with Crippen LogP contribution in [0.15, 0.2) is 47.2 Å². The summed E-state index contributed by atoms with van der Waals surface area (Å²) in [6, 6.07) is 8.78. The van der Waals surface area contributed by atoms with Crippen molar-refractivity contribution in [3.05, 3.63) is 57.8 Å². The van der Waals surface area contributed by atoms with Crippen LogP contribution in [-0.2, 0) is 4.79 Å². The molecule has 1 amide bonds. The van der Waals surface area contributed by atoms with E-state index in [0.29, 0.717) is 15.2 Å². The summed E-state index contributed by atoms with van der Waals surface area (Å²) in [7, 11) is 0. The highest BCUT2D eigenvalue weighted by Gasteiger charge is 2.18. The highest BCUT2D eigenvalue weighted by Crippen LogP contribution is 2.28. The minimum Gasteiger partial charge on any atom is -0.480 e. The van der Waals surface area contributed by atoms with Crippen molar-refractivity contribution < 1.29 is 9.53 Å². The zero-order chi connectivity index (χ0) is 16.1. The van der Waals surface area contributed by atoms with Gasteiger partial charge in [0.2, 0.25) is 0 Å². The highest BCUT2D eigenvalue weighted by molar-refractivity contribution is 9.10. The molecule has 6 heteroatoms. The first kappa shape index (κ1) is 16.8. The number of nitrogens with one attached hydrogen (secondary N) is 1. The maximum Gasteiger partial charge on any atom is 0.261 e. The summed E-state index contributed by atoms with van der Waals surface area (Å²) in [6.07, 6.45) is 2.77. The van der Waals surface area contributed by atoms with E-state index in [0.717, 1.165) is 5.56 Å². The molecule has 0 radical (unpaired) electrons. The molecule has 0 bridgehead atoms. The van der Waals surface area contributed by atoms with E-state index in [1.54, 1.807) is 37.5 Å². The van der Waals surface area contributed by atoms with Crippen LogP contribution in [-0.4, -0.2) is 17.0 Å². The van der Waals surface area contributed by atoms with E-state index < -0.39 is 6.10 Å². The van der Waals surface area contributed by atoms with Gasteiger partial charge in [-0.1, -0.05) is 11.6 Å². The summed E-state index contributed by atoms with van der Waals surface area (Å²) in [5.41, 5.74) is 0.989. The molecule has 0 saturated heterocycles. The molecule has 1 aromatic carbocycles. The van der Waals surface area contributed by atoms with Crippen LogP contribution in [0.4, 0.5) is 0 Å². The van der Waals surface area contributed by atoms with Gasteiger partial charge in [-0.05, 0) is 65.7 Å². The zero-order valence-corrected chi connectivity index (χ0v) is 14.6. The molecule has 0 saturated carbocycles. The fourth-order valence-corrected chi connectivity index (χ4v) is 2.66. The second kappa shape index (κ2) is 7.61. The van der Waals surface area contributed by atoms with Crippen molar-refractivity contribution in [2.45, 2.75) is 26.0 Å². The Hall–Kier alpha value is -1.59. The molecular formula is C16H16BrClN2O2. The number of hydrogen-bond acceptors (Lipinski definition) is 3. The zero-order valence-electron chi connectivity index (χ0n) is 12.2. The summed E-state index contributed by atoms with van der Waals surface area (Å²) in [5, 5.41) is 3.51. The molecule has 0 spiro atoms. The average Bonchev–Trinajstić information content (AvgIpc) is 2.50. The molecule has 0 aliphatic carbocycles. The second-order valence-corrected chi connectivity index (χ2v) is 6.14. The van der Waals surface area contributed by atoms with Gasteiger partial charge in [0.25, 0.3) is 5.91 Å². The van der Waals surface area contributed by atoms with Crippen molar-refractivity contribution in [2.24, 2.45) is 0 Å². The van der Waals surface area contributed by atoms with Crippen LogP contribution in [0.3, 0.4) is 0 Å². The van der Waals surface area contributed by atoms with E-state index >= 15 is 0 Å². The third-order valence-corrected chi connectivity index (χ3v) is 3.99. The van der Waals surface area contributed by atoms with Gasteiger partial charge in [0.15, 0.2) is 6.10 Å². The molecule has 1 aromatic heterocycles. The van der Waals surface area contributed by atoms with Gasteiger partial charge in [0.1, 0.15) is 5.75 Å². The maximum absolute atomic E-state index is 12.2. The predicted octanol–water partition coefficient (Wildman–Crippen LogP) is 4.14. The van der Waals surface area contributed by atoms with Crippen LogP contribution in [0, 0.1) is 0 Å². The average molecular weight is 384 g/mol. The van der Waals surface area contributed by atoms with E-state index in [9.17, 15) is 4.79 Å². The number of aromatic nitrogens is 1. The third kappa shape index (κ3) is 4.45. The van der Waals surface area contributed by atoms with Crippen LogP contribution in [0.5, 0.6) is 5.75 Å². The monoisotopic (exact) mass is 382 g/mol. The maximum atomic E-state index is 12.2. The molecule has 0 fully saturated rings. The van der Waals surface area contributed by atoms with Crippen LogP contribution in [0.25, 0.3) is 0 Å². The molecule has 2 atom stereocenters. The minimum atomic E-state index is -0.623. The Morgan fingerprint density at radius 3 is 2.59 bits per heavy atom. The number of carbonyl (C=O) groups excluding carboxylic acids is 1. The predicted molar refractivity (Wildman–Crippen MR) is 90.0 cm³/mol.